The second-order valence-electron chi connectivity index (χ2n) is 13.7. The van der Waals surface area contributed by atoms with E-state index in [0.29, 0.717) is 32.2 Å². The number of carbonyl (C=O) groups is 9. The molecule has 0 spiro atoms. The molecule has 298 valence electrons. The van der Waals surface area contributed by atoms with Crippen LogP contribution < -0.4 is 37.2 Å². The maximum atomic E-state index is 13.7. The Morgan fingerprint density at radius 1 is 0.717 bits per heavy atom. The third kappa shape index (κ3) is 13.9. The van der Waals surface area contributed by atoms with Gasteiger partial charge in [-0.2, -0.15) is 0 Å². The number of nitrogens with one attached hydrogen (secondary N) is 7. The van der Waals surface area contributed by atoms with E-state index in [4.69, 9.17) is 5.11 Å². The normalized spacial score (nSPS) is 20.1. The highest BCUT2D eigenvalue weighted by Gasteiger charge is 2.40. The zero-order chi connectivity index (χ0) is 39.8. The third-order valence-electron chi connectivity index (χ3n) is 9.67. The van der Waals surface area contributed by atoms with Crippen molar-refractivity contribution >= 4 is 53.3 Å². The van der Waals surface area contributed by atoms with Gasteiger partial charge in [-0.05, 0) is 57.4 Å². The quantitative estimate of drug-likeness (QED) is 0.0614. The molecule has 19 nitrogen and oxygen atoms in total. The van der Waals surface area contributed by atoms with Gasteiger partial charge in [0.1, 0.15) is 36.8 Å². The van der Waals surface area contributed by atoms with Gasteiger partial charge in [-0.3, -0.25) is 43.2 Å². The Morgan fingerprint density at radius 3 is 1.92 bits per heavy atom. The molecule has 9 N–H and O–H groups in total. The maximum absolute atomic E-state index is 13.7. The van der Waals surface area contributed by atoms with Crippen LogP contribution in [0.1, 0.15) is 86.0 Å². The lowest BCUT2D eigenvalue weighted by Crippen LogP contribution is -2.60. The van der Waals surface area contributed by atoms with Crippen molar-refractivity contribution in [1.82, 2.24) is 42.1 Å². The van der Waals surface area contributed by atoms with Gasteiger partial charge in [-0.1, -0.05) is 40.5 Å². The van der Waals surface area contributed by atoms with Crippen molar-refractivity contribution in [2.75, 3.05) is 26.2 Å². The second-order valence-corrected chi connectivity index (χ2v) is 13.7. The molecule has 0 saturated carbocycles. The monoisotopic (exact) mass is 752 g/mol. The Kier molecular flexibility index (Phi) is 18.1. The molecule has 2 fully saturated rings. The fraction of sp³-hybridized carbons (Fsp3) is 0.735. The molecule has 0 aromatic carbocycles. The Balaban J connectivity index is 2.12. The van der Waals surface area contributed by atoms with Crippen molar-refractivity contribution in [3.05, 3.63) is 0 Å². The van der Waals surface area contributed by atoms with Gasteiger partial charge in [0.25, 0.3) is 0 Å². The Bertz CT molecular complexity index is 1360. The van der Waals surface area contributed by atoms with Crippen LogP contribution in [0, 0.1) is 11.8 Å². The van der Waals surface area contributed by atoms with E-state index in [1.807, 2.05) is 0 Å². The van der Waals surface area contributed by atoms with Crippen LogP contribution in [-0.4, -0.2) is 131 Å². The maximum Gasteiger partial charge on any atom is 0.322 e. The average molecular weight is 753 g/mol. The summed E-state index contributed by atoms with van der Waals surface area (Å²) in [6.07, 6.45) is 2.31. The summed E-state index contributed by atoms with van der Waals surface area (Å²) in [6, 6.07) is -6.13. The summed E-state index contributed by atoms with van der Waals surface area (Å²) in [5.41, 5.74) is 0. The lowest BCUT2D eigenvalue weighted by Gasteiger charge is -2.31. The first-order chi connectivity index (χ1) is 25.0. The van der Waals surface area contributed by atoms with Crippen molar-refractivity contribution in [2.24, 2.45) is 11.8 Å². The first-order valence-corrected chi connectivity index (χ1v) is 18.2. The van der Waals surface area contributed by atoms with Gasteiger partial charge in [-0.25, -0.2) is 0 Å². The van der Waals surface area contributed by atoms with E-state index in [9.17, 15) is 48.3 Å². The standard InChI is InChI=1S/C34H56N8O11/c1-6-18(3)27(32(51)37-17-26(46)47)40-29(48)20(5)38-33(52)28(19(4)7-2)41-31(50)23-11-9-15-42(23)34(53)22(12-13-25(44)45)39-24(43)16-36-30(49)21-10-8-14-35-21/h18-23,27-28,35H,6-17H2,1-5H3,(H,36,49)(H,37,51)(H,38,52)(H,39,43)(H,40,48)(H,41,50)(H,44,45)(H,46,47)/t18-,19-,20-,21-,22-,23-,27-,28-/m0/s1. The molecule has 0 bridgehead atoms. The van der Waals surface area contributed by atoms with Crippen LogP contribution in [0.3, 0.4) is 0 Å². The molecule has 2 heterocycles. The topological polar surface area (TPSA) is 282 Å². The van der Waals surface area contributed by atoms with E-state index in [2.05, 4.69) is 37.2 Å². The molecule has 0 radical (unpaired) electrons. The second kappa shape index (κ2) is 21.7. The number of hydrogen-bond donors (Lipinski definition) is 9. The molecular formula is C34H56N8O11. The number of carbonyl (C=O) groups excluding carboxylic acids is 7. The molecule has 2 rings (SSSR count). The van der Waals surface area contributed by atoms with Crippen LogP contribution in [-0.2, 0) is 43.2 Å². The number of likely N-dealkylation sites (tertiary alicyclic amines) is 1. The highest BCUT2D eigenvalue weighted by atomic mass is 16.4. The Morgan fingerprint density at radius 2 is 1.36 bits per heavy atom. The lowest BCUT2D eigenvalue weighted by atomic mass is 9.96. The van der Waals surface area contributed by atoms with Gasteiger partial charge in [0.05, 0.1) is 12.6 Å². The lowest BCUT2D eigenvalue weighted by molar-refractivity contribution is -0.143. The first kappa shape index (κ1) is 44.4. The molecule has 0 aromatic heterocycles. The molecule has 7 amide bonds. The molecule has 2 aliphatic heterocycles. The molecule has 2 saturated heterocycles. The zero-order valence-corrected chi connectivity index (χ0v) is 31.1. The van der Waals surface area contributed by atoms with Crippen LogP contribution >= 0.6 is 0 Å². The summed E-state index contributed by atoms with van der Waals surface area (Å²) in [5.74, 6) is -7.74. The van der Waals surface area contributed by atoms with Gasteiger partial charge < -0.3 is 52.3 Å². The summed E-state index contributed by atoms with van der Waals surface area (Å²) < 4.78 is 0. The Labute approximate surface area is 308 Å². The van der Waals surface area contributed by atoms with Crippen LogP contribution in [0.25, 0.3) is 0 Å². The number of hydrogen-bond acceptors (Lipinski definition) is 10. The number of amides is 7. The van der Waals surface area contributed by atoms with Crippen molar-refractivity contribution in [3.8, 4) is 0 Å². The molecule has 19 heteroatoms. The van der Waals surface area contributed by atoms with Crippen molar-refractivity contribution in [3.63, 3.8) is 0 Å². The van der Waals surface area contributed by atoms with Crippen LogP contribution in [0.5, 0.6) is 0 Å². The predicted octanol–water partition coefficient (Wildman–Crippen LogP) is -2.04. The van der Waals surface area contributed by atoms with E-state index in [-0.39, 0.29) is 31.2 Å². The fourth-order valence-corrected chi connectivity index (χ4v) is 6.05. The predicted molar refractivity (Wildman–Crippen MR) is 189 cm³/mol. The minimum absolute atomic E-state index is 0.134. The third-order valence-corrected chi connectivity index (χ3v) is 9.67. The molecule has 2 aliphatic rings. The smallest absolute Gasteiger partial charge is 0.322 e. The fourth-order valence-electron chi connectivity index (χ4n) is 6.05. The average Bonchev–Trinajstić information content (AvgIpc) is 3.85. The van der Waals surface area contributed by atoms with Crippen LogP contribution in [0.2, 0.25) is 0 Å². The van der Waals surface area contributed by atoms with Gasteiger partial charge in [-0.15, -0.1) is 0 Å². The highest BCUT2D eigenvalue weighted by Crippen LogP contribution is 2.21. The van der Waals surface area contributed by atoms with Gasteiger partial charge in [0.15, 0.2) is 0 Å². The summed E-state index contributed by atoms with van der Waals surface area (Å²) in [4.78, 5) is 115. The molecule has 53 heavy (non-hydrogen) atoms. The minimum atomic E-state index is -1.30. The molecule has 0 unspecified atom stereocenters. The SMILES string of the molecule is CC[C@H](C)[C@H](NC(=O)[C@H](C)NC(=O)[C@@H](NC(=O)[C@@H]1CCCN1C(=O)[C@H](CCC(=O)O)NC(=O)CNC(=O)[C@@H]1CCCN1)[C@@H](C)CC)C(=O)NCC(=O)O. The van der Waals surface area contributed by atoms with Crippen molar-refractivity contribution < 1.29 is 53.4 Å². The first-order valence-electron chi connectivity index (χ1n) is 18.2. The van der Waals surface area contributed by atoms with E-state index in [1.54, 1.807) is 27.7 Å². The minimum Gasteiger partial charge on any atom is -0.481 e. The van der Waals surface area contributed by atoms with Gasteiger partial charge in [0.2, 0.25) is 41.4 Å². The van der Waals surface area contributed by atoms with Gasteiger partial charge >= 0.3 is 11.9 Å². The van der Waals surface area contributed by atoms with E-state index >= 15 is 0 Å². The number of nitrogens with zero attached hydrogens (tertiary/aromatic N) is 1. The summed E-state index contributed by atoms with van der Waals surface area (Å²) in [5, 5.41) is 36.3. The molecule has 0 aliphatic carbocycles. The van der Waals surface area contributed by atoms with Crippen molar-refractivity contribution in [2.45, 2.75) is 122 Å². The molecule has 8 atom stereocenters. The number of aliphatic carboxylic acids is 2. The highest BCUT2D eigenvalue weighted by molar-refractivity contribution is 5.97. The largest absolute Gasteiger partial charge is 0.481 e. The molecule has 0 aromatic rings. The van der Waals surface area contributed by atoms with Gasteiger partial charge in [0, 0.05) is 13.0 Å². The number of carboxylic acids is 2. The zero-order valence-electron chi connectivity index (χ0n) is 31.1. The summed E-state index contributed by atoms with van der Waals surface area (Å²) >= 11 is 0. The van der Waals surface area contributed by atoms with Crippen LogP contribution in [0.4, 0.5) is 0 Å². The van der Waals surface area contributed by atoms with Crippen molar-refractivity contribution in [1.29, 1.82) is 0 Å². The van der Waals surface area contributed by atoms with Crippen LogP contribution in [0.15, 0.2) is 0 Å². The van der Waals surface area contributed by atoms with E-state index < -0.39 is 109 Å². The van der Waals surface area contributed by atoms with E-state index in [1.165, 1.54) is 11.8 Å². The summed E-state index contributed by atoms with van der Waals surface area (Å²) in [6.45, 7) is 8.16. The summed E-state index contributed by atoms with van der Waals surface area (Å²) in [7, 11) is 0. The number of rotatable bonds is 21. The molecular weight excluding hydrogens is 696 g/mol. The Hall–Kier alpha value is -4.81. The van der Waals surface area contributed by atoms with E-state index in [0.717, 1.165) is 6.42 Å². The number of carboxylic acid groups (broad SMARTS) is 2.